The third-order valence-electron chi connectivity index (χ3n) is 3.59. The second-order valence-corrected chi connectivity index (χ2v) is 6.93. The summed E-state index contributed by atoms with van der Waals surface area (Å²) in [5.74, 6) is 1.71. The molecule has 0 bridgehead atoms. The van der Waals surface area contributed by atoms with Gasteiger partial charge in [-0.15, -0.1) is 0 Å². The topological polar surface area (TPSA) is 29.3 Å². The summed E-state index contributed by atoms with van der Waals surface area (Å²) in [6.45, 7) is 13.6. The Kier molecular flexibility index (Phi) is 4.40. The van der Waals surface area contributed by atoms with Gasteiger partial charge in [0.25, 0.3) is 0 Å². The van der Waals surface area contributed by atoms with E-state index in [-0.39, 0.29) is 5.41 Å². The summed E-state index contributed by atoms with van der Waals surface area (Å²) in [4.78, 5) is 6.74. The van der Waals surface area contributed by atoms with Gasteiger partial charge in [-0.1, -0.05) is 38.5 Å². The maximum atomic E-state index is 5.92. The third-order valence-corrected chi connectivity index (χ3v) is 3.59. The van der Waals surface area contributed by atoms with Gasteiger partial charge in [-0.3, -0.25) is 0 Å². The van der Waals surface area contributed by atoms with Crippen molar-refractivity contribution >= 4 is 5.69 Å². The molecule has 2 aromatic rings. The van der Waals surface area contributed by atoms with Crippen LogP contribution in [0.2, 0.25) is 0 Å². The van der Waals surface area contributed by atoms with Crippen molar-refractivity contribution in [3.05, 3.63) is 47.7 Å². The number of hydrogen-bond acceptors (Lipinski definition) is 3. The minimum Gasteiger partial charge on any atom is -0.443 e. The molecule has 0 spiro atoms. The summed E-state index contributed by atoms with van der Waals surface area (Å²) in [5.41, 5.74) is 2.47. The van der Waals surface area contributed by atoms with Crippen LogP contribution in [-0.2, 0) is 12.0 Å². The van der Waals surface area contributed by atoms with Crippen molar-refractivity contribution in [3.8, 4) is 0 Å². The van der Waals surface area contributed by atoms with E-state index in [9.17, 15) is 0 Å². The van der Waals surface area contributed by atoms with Gasteiger partial charge >= 0.3 is 0 Å². The van der Waals surface area contributed by atoms with Crippen molar-refractivity contribution in [2.45, 2.75) is 59.5 Å². The second-order valence-electron chi connectivity index (χ2n) is 6.93. The number of hydrogen-bond donors (Lipinski definition) is 0. The molecule has 0 atom stereocenters. The Balaban J connectivity index is 2.21. The maximum absolute atomic E-state index is 5.92. The summed E-state index contributed by atoms with van der Waals surface area (Å²) in [6.07, 6.45) is 1.85. The largest absolute Gasteiger partial charge is 0.443 e. The zero-order valence-electron chi connectivity index (χ0n) is 14.0. The number of nitrogens with zero attached hydrogens (tertiary/aromatic N) is 2. The van der Waals surface area contributed by atoms with E-state index in [0.29, 0.717) is 12.6 Å². The normalized spacial score (nSPS) is 12.0. The molecular formula is C18H26N2O. The van der Waals surface area contributed by atoms with Crippen LogP contribution in [-0.4, -0.2) is 11.0 Å². The molecule has 0 aliphatic carbocycles. The molecule has 3 nitrogen and oxygen atoms in total. The lowest BCUT2D eigenvalue weighted by atomic mass is 9.94. The van der Waals surface area contributed by atoms with Crippen molar-refractivity contribution < 1.29 is 4.42 Å². The summed E-state index contributed by atoms with van der Waals surface area (Å²) < 4.78 is 5.92. The van der Waals surface area contributed by atoms with E-state index in [1.54, 1.807) is 0 Å². The van der Waals surface area contributed by atoms with E-state index in [4.69, 9.17) is 4.42 Å². The second kappa shape index (κ2) is 5.92. The number of benzene rings is 1. The molecule has 0 N–H and O–H groups in total. The van der Waals surface area contributed by atoms with Crippen LogP contribution in [0.5, 0.6) is 0 Å². The van der Waals surface area contributed by atoms with Gasteiger partial charge in [-0.2, -0.15) is 0 Å². The minimum atomic E-state index is -0.00221. The van der Waals surface area contributed by atoms with Crippen molar-refractivity contribution in [2.24, 2.45) is 0 Å². The van der Waals surface area contributed by atoms with Crippen molar-refractivity contribution in [1.29, 1.82) is 0 Å². The van der Waals surface area contributed by atoms with E-state index in [0.717, 1.165) is 11.7 Å². The predicted octanol–water partition coefficient (Wildman–Crippen LogP) is 4.70. The van der Waals surface area contributed by atoms with Crippen LogP contribution in [0.25, 0.3) is 0 Å². The van der Waals surface area contributed by atoms with Gasteiger partial charge in [-0.25, -0.2) is 4.98 Å². The fourth-order valence-electron chi connectivity index (χ4n) is 2.18. The number of rotatable bonds is 4. The number of oxazole rings is 1. The summed E-state index contributed by atoms with van der Waals surface area (Å²) in [7, 11) is 0. The Morgan fingerprint density at radius 1 is 1.14 bits per heavy atom. The van der Waals surface area contributed by atoms with Crippen LogP contribution in [0, 0.1) is 6.92 Å². The van der Waals surface area contributed by atoms with Gasteiger partial charge in [0.1, 0.15) is 5.76 Å². The first-order valence-electron chi connectivity index (χ1n) is 7.56. The zero-order chi connectivity index (χ0) is 15.6. The van der Waals surface area contributed by atoms with E-state index < -0.39 is 0 Å². The Bertz CT molecular complexity index is 576. The lowest BCUT2D eigenvalue weighted by Crippen LogP contribution is -2.30. The van der Waals surface area contributed by atoms with Crippen LogP contribution in [0.4, 0.5) is 5.69 Å². The zero-order valence-corrected chi connectivity index (χ0v) is 14.0. The van der Waals surface area contributed by atoms with Gasteiger partial charge in [-0.05, 0) is 32.9 Å². The monoisotopic (exact) mass is 286 g/mol. The molecule has 1 aromatic carbocycles. The lowest BCUT2D eigenvalue weighted by Gasteiger charge is -2.27. The Hall–Kier alpha value is -1.77. The Labute approximate surface area is 128 Å². The van der Waals surface area contributed by atoms with Crippen molar-refractivity contribution in [1.82, 2.24) is 4.98 Å². The van der Waals surface area contributed by atoms with Crippen LogP contribution in [0.15, 0.2) is 34.9 Å². The van der Waals surface area contributed by atoms with Gasteiger partial charge in [0.05, 0.1) is 12.7 Å². The molecule has 1 heterocycles. The molecule has 1 aromatic heterocycles. The quantitative estimate of drug-likeness (QED) is 0.816. The van der Waals surface area contributed by atoms with Gasteiger partial charge in [0.15, 0.2) is 0 Å². The van der Waals surface area contributed by atoms with Crippen molar-refractivity contribution in [2.75, 3.05) is 4.90 Å². The molecule has 0 fully saturated rings. The molecule has 0 saturated heterocycles. The highest BCUT2D eigenvalue weighted by Crippen LogP contribution is 2.25. The molecule has 0 aliphatic heterocycles. The first kappa shape index (κ1) is 15.6. The SMILES string of the molecule is Cc1ccc(N(Cc2ncc(C(C)(C)C)o2)C(C)C)cc1. The number of anilines is 1. The summed E-state index contributed by atoms with van der Waals surface area (Å²) in [6, 6.07) is 8.98. The van der Waals surface area contributed by atoms with Crippen LogP contribution >= 0.6 is 0 Å². The van der Waals surface area contributed by atoms with E-state index in [1.165, 1.54) is 11.3 Å². The first-order chi connectivity index (χ1) is 9.77. The van der Waals surface area contributed by atoms with E-state index in [1.807, 2.05) is 6.20 Å². The Morgan fingerprint density at radius 2 is 1.76 bits per heavy atom. The molecule has 0 saturated carbocycles. The van der Waals surface area contributed by atoms with E-state index in [2.05, 4.69) is 75.7 Å². The third kappa shape index (κ3) is 3.87. The maximum Gasteiger partial charge on any atom is 0.213 e. The molecule has 21 heavy (non-hydrogen) atoms. The average molecular weight is 286 g/mol. The standard InChI is InChI=1S/C18H26N2O/c1-13(2)20(15-9-7-14(3)8-10-15)12-17-19-11-16(21-17)18(4,5)6/h7-11,13H,12H2,1-6H3. The highest BCUT2D eigenvalue weighted by Gasteiger charge is 2.21. The van der Waals surface area contributed by atoms with Crippen molar-refractivity contribution in [3.63, 3.8) is 0 Å². The fraction of sp³-hybridized carbons (Fsp3) is 0.500. The molecule has 0 aliphatic rings. The van der Waals surface area contributed by atoms with Crippen LogP contribution < -0.4 is 4.90 Å². The molecule has 2 rings (SSSR count). The number of aryl methyl sites for hydroxylation is 1. The molecule has 0 unspecified atom stereocenters. The summed E-state index contributed by atoms with van der Waals surface area (Å²) in [5, 5.41) is 0. The van der Waals surface area contributed by atoms with Gasteiger partial charge in [0.2, 0.25) is 5.89 Å². The van der Waals surface area contributed by atoms with Gasteiger partial charge < -0.3 is 9.32 Å². The van der Waals surface area contributed by atoms with Crippen LogP contribution in [0.1, 0.15) is 51.8 Å². The summed E-state index contributed by atoms with van der Waals surface area (Å²) >= 11 is 0. The fourth-order valence-corrected chi connectivity index (χ4v) is 2.18. The van der Waals surface area contributed by atoms with Gasteiger partial charge in [0, 0.05) is 17.1 Å². The predicted molar refractivity (Wildman–Crippen MR) is 87.7 cm³/mol. The average Bonchev–Trinajstić information content (AvgIpc) is 2.85. The molecule has 0 radical (unpaired) electrons. The molecule has 0 amide bonds. The van der Waals surface area contributed by atoms with E-state index >= 15 is 0 Å². The smallest absolute Gasteiger partial charge is 0.213 e. The molecular weight excluding hydrogens is 260 g/mol. The molecule has 3 heteroatoms. The van der Waals surface area contributed by atoms with Crippen LogP contribution in [0.3, 0.4) is 0 Å². The Morgan fingerprint density at radius 3 is 2.24 bits per heavy atom. The number of aromatic nitrogens is 1. The lowest BCUT2D eigenvalue weighted by molar-refractivity contribution is 0.378. The highest BCUT2D eigenvalue weighted by molar-refractivity contribution is 5.48. The molecule has 114 valence electrons. The highest BCUT2D eigenvalue weighted by atomic mass is 16.4. The first-order valence-corrected chi connectivity index (χ1v) is 7.56. The minimum absolute atomic E-state index is 0.00221.